The zero-order valence-corrected chi connectivity index (χ0v) is 18.7. The number of methoxy groups -OCH3 is 3. The number of Topliss-reactive ketones (excluding diaryl/α,β-unsaturated/α-hetero) is 1. The Kier molecular flexibility index (Phi) is 5.99. The number of rotatable bonds is 7. The van der Waals surface area contributed by atoms with Gasteiger partial charge in [0.05, 0.1) is 26.8 Å². The molecular weight excluding hydrogens is 422 g/mol. The van der Waals surface area contributed by atoms with Gasteiger partial charge in [-0.1, -0.05) is 30.3 Å². The van der Waals surface area contributed by atoms with Crippen LogP contribution in [0.15, 0.2) is 54.6 Å². The molecule has 4 aromatic rings. The van der Waals surface area contributed by atoms with Crippen molar-refractivity contribution >= 4 is 28.4 Å². The van der Waals surface area contributed by atoms with Crippen molar-refractivity contribution < 1.29 is 23.8 Å². The average molecular weight is 445 g/mol. The second-order valence-electron chi connectivity index (χ2n) is 7.33. The third-order valence-electron chi connectivity index (χ3n) is 5.35. The number of carbonyl (C=O) groups excluding carboxylic acids is 2. The molecule has 0 aliphatic carbocycles. The summed E-state index contributed by atoms with van der Waals surface area (Å²) in [6, 6.07) is 16.3. The minimum Gasteiger partial charge on any atom is -0.493 e. The highest BCUT2D eigenvalue weighted by Gasteiger charge is 2.18. The second kappa shape index (κ2) is 9.04. The van der Waals surface area contributed by atoms with Crippen molar-refractivity contribution in [3.63, 3.8) is 0 Å². The molecule has 0 saturated heterocycles. The van der Waals surface area contributed by atoms with E-state index in [-0.39, 0.29) is 11.7 Å². The maximum atomic E-state index is 12.9. The number of ether oxygens (including phenoxy) is 3. The summed E-state index contributed by atoms with van der Waals surface area (Å²) < 4.78 is 16.0. The molecule has 1 heterocycles. The first-order valence-electron chi connectivity index (χ1n) is 10.2. The Morgan fingerprint density at radius 2 is 1.45 bits per heavy atom. The Balaban J connectivity index is 1.61. The lowest BCUT2D eigenvalue weighted by Gasteiger charge is -2.13. The predicted molar refractivity (Wildman–Crippen MR) is 126 cm³/mol. The summed E-state index contributed by atoms with van der Waals surface area (Å²) in [7, 11) is 4.48. The van der Waals surface area contributed by atoms with Crippen LogP contribution in [0.2, 0.25) is 0 Å². The second-order valence-corrected chi connectivity index (χ2v) is 7.33. The molecule has 0 unspecified atom stereocenters. The number of nitrogens with zero attached hydrogens (tertiary/aromatic N) is 1. The van der Waals surface area contributed by atoms with Crippen LogP contribution in [0, 0.1) is 0 Å². The number of nitrogens with one attached hydrogen (secondary N) is 2. The quantitative estimate of drug-likeness (QED) is 0.400. The zero-order chi connectivity index (χ0) is 23.5. The first-order valence-corrected chi connectivity index (χ1v) is 10.2. The summed E-state index contributed by atoms with van der Waals surface area (Å²) in [6.07, 6.45) is 0. The highest BCUT2D eigenvalue weighted by molar-refractivity contribution is 6.08. The van der Waals surface area contributed by atoms with E-state index in [1.54, 1.807) is 31.2 Å². The molecule has 4 rings (SSSR count). The van der Waals surface area contributed by atoms with Gasteiger partial charge >= 0.3 is 0 Å². The first kappa shape index (κ1) is 21.9. The summed E-state index contributed by atoms with van der Waals surface area (Å²) in [4.78, 5) is 24.4. The van der Waals surface area contributed by atoms with E-state index in [1.807, 2.05) is 30.3 Å². The molecule has 0 radical (unpaired) electrons. The minimum absolute atomic E-state index is 0.0260. The maximum Gasteiger partial charge on any atom is 0.257 e. The van der Waals surface area contributed by atoms with Gasteiger partial charge in [0, 0.05) is 16.5 Å². The highest BCUT2D eigenvalue weighted by atomic mass is 16.5. The number of ketones is 1. The van der Waals surface area contributed by atoms with Crippen LogP contribution in [0.25, 0.3) is 22.0 Å². The summed E-state index contributed by atoms with van der Waals surface area (Å²) in [5.41, 5.74) is 3.70. The molecule has 1 amide bonds. The molecule has 1 aromatic heterocycles. The number of hydrogen-bond acceptors (Lipinski definition) is 6. The fourth-order valence-electron chi connectivity index (χ4n) is 3.58. The average Bonchev–Trinajstić information content (AvgIpc) is 3.24. The van der Waals surface area contributed by atoms with Gasteiger partial charge in [-0.05, 0) is 42.3 Å². The molecular formula is C25H23N3O5. The number of benzene rings is 3. The first-order chi connectivity index (χ1) is 15.9. The number of carbonyl (C=O) groups is 2. The van der Waals surface area contributed by atoms with Crippen LogP contribution in [-0.4, -0.2) is 43.2 Å². The molecule has 8 heteroatoms. The number of anilines is 1. The van der Waals surface area contributed by atoms with E-state index in [4.69, 9.17) is 14.2 Å². The fraction of sp³-hybridized carbons (Fsp3) is 0.160. The SMILES string of the molecule is COc1cc(C(=O)Nc2n[nH]c3cc(-c4ccc(C(C)=O)cc4)ccc23)cc(OC)c1OC. The Hall–Kier alpha value is -4.33. The molecule has 3 aromatic carbocycles. The predicted octanol–water partition coefficient (Wildman–Crippen LogP) is 4.71. The summed E-state index contributed by atoms with van der Waals surface area (Å²) in [6.45, 7) is 1.54. The number of aromatic nitrogens is 2. The molecule has 0 aliphatic heterocycles. The van der Waals surface area contributed by atoms with E-state index in [9.17, 15) is 9.59 Å². The third kappa shape index (κ3) is 4.23. The van der Waals surface area contributed by atoms with Gasteiger partial charge in [0.1, 0.15) is 0 Å². The van der Waals surface area contributed by atoms with Crippen molar-refractivity contribution in [2.24, 2.45) is 0 Å². The van der Waals surface area contributed by atoms with E-state index in [1.165, 1.54) is 21.3 Å². The van der Waals surface area contributed by atoms with E-state index >= 15 is 0 Å². The normalized spacial score (nSPS) is 10.7. The van der Waals surface area contributed by atoms with E-state index < -0.39 is 0 Å². The molecule has 2 N–H and O–H groups in total. The zero-order valence-electron chi connectivity index (χ0n) is 18.7. The molecule has 0 spiro atoms. The van der Waals surface area contributed by atoms with Gasteiger partial charge in [0.2, 0.25) is 5.75 Å². The largest absolute Gasteiger partial charge is 0.493 e. The van der Waals surface area contributed by atoms with Crippen LogP contribution in [0.1, 0.15) is 27.6 Å². The molecule has 0 fully saturated rings. The van der Waals surface area contributed by atoms with E-state index in [0.29, 0.717) is 34.2 Å². The Morgan fingerprint density at radius 3 is 2.03 bits per heavy atom. The van der Waals surface area contributed by atoms with Crippen molar-refractivity contribution in [3.05, 3.63) is 65.7 Å². The Bertz CT molecular complexity index is 1320. The lowest BCUT2D eigenvalue weighted by molar-refractivity contribution is 0.101. The monoisotopic (exact) mass is 445 g/mol. The summed E-state index contributed by atoms with van der Waals surface area (Å²) in [5.74, 6) is 1.24. The summed E-state index contributed by atoms with van der Waals surface area (Å²) in [5, 5.41) is 10.8. The van der Waals surface area contributed by atoms with Crippen molar-refractivity contribution in [1.29, 1.82) is 0 Å². The number of fused-ring (bicyclic) bond motifs is 1. The van der Waals surface area contributed by atoms with Gasteiger partial charge in [-0.3, -0.25) is 14.7 Å². The van der Waals surface area contributed by atoms with Gasteiger partial charge < -0.3 is 19.5 Å². The van der Waals surface area contributed by atoms with E-state index in [0.717, 1.165) is 22.0 Å². The Labute approximate surface area is 190 Å². The highest BCUT2D eigenvalue weighted by Crippen LogP contribution is 2.38. The smallest absolute Gasteiger partial charge is 0.257 e. The Morgan fingerprint density at radius 1 is 0.818 bits per heavy atom. The van der Waals surface area contributed by atoms with Gasteiger partial charge in [-0.25, -0.2) is 0 Å². The van der Waals surface area contributed by atoms with Crippen LogP contribution in [0.5, 0.6) is 17.2 Å². The molecule has 0 bridgehead atoms. The van der Waals surface area contributed by atoms with Crippen molar-refractivity contribution in [3.8, 4) is 28.4 Å². The standard InChI is InChI=1S/C25H23N3O5/c1-14(29)15-5-7-16(8-6-15)17-9-10-19-20(11-17)27-28-24(19)26-25(30)18-12-21(31-2)23(33-4)22(13-18)32-3/h5-13H,1-4H3,(H2,26,27,28,30). The molecule has 0 atom stereocenters. The van der Waals surface area contributed by atoms with E-state index in [2.05, 4.69) is 15.5 Å². The van der Waals surface area contributed by atoms with Crippen LogP contribution in [0.3, 0.4) is 0 Å². The van der Waals surface area contributed by atoms with Crippen LogP contribution in [-0.2, 0) is 0 Å². The third-order valence-corrected chi connectivity index (χ3v) is 5.35. The topological polar surface area (TPSA) is 103 Å². The van der Waals surface area contributed by atoms with Crippen molar-refractivity contribution in [1.82, 2.24) is 10.2 Å². The number of amides is 1. The van der Waals surface area contributed by atoms with Crippen molar-refractivity contribution in [2.45, 2.75) is 6.92 Å². The van der Waals surface area contributed by atoms with Crippen LogP contribution < -0.4 is 19.5 Å². The van der Waals surface area contributed by atoms with Gasteiger partial charge in [-0.15, -0.1) is 0 Å². The number of hydrogen-bond donors (Lipinski definition) is 2. The van der Waals surface area contributed by atoms with Crippen molar-refractivity contribution in [2.75, 3.05) is 26.6 Å². The van der Waals surface area contributed by atoms with Gasteiger partial charge in [0.15, 0.2) is 23.1 Å². The number of H-pyrrole nitrogens is 1. The maximum absolute atomic E-state index is 12.9. The lowest BCUT2D eigenvalue weighted by Crippen LogP contribution is -2.13. The molecule has 168 valence electrons. The molecule has 8 nitrogen and oxygen atoms in total. The minimum atomic E-state index is -0.369. The lowest BCUT2D eigenvalue weighted by atomic mass is 10.0. The molecule has 0 aliphatic rings. The molecule has 33 heavy (non-hydrogen) atoms. The van der Waals surface area contributed by atoms with Crippen LogP contribution in [0.4, 0.5) is 5.82 Å². The number of aromatic amines is 1. The molecule has 0 saturated carbocycles. The van der Waals surface area contributed by atoms with Crippen LogP contribution >= 0.6 is 0 Å². The van der Waals surface area contributed by atoms with Gasteiger partial charge in [0.25, 0.3) is 5.91 Å². The van der Waals surface area contributed by atoms with Gasteiger partial charge in [-0.2, -0.15) is 5.10 Å². The summed E-state index contributed by atoms with van der Waals surface area (Å²) >= 11 is 0. The fourth-order valence-corrected chi connectivity index (χ4v) is 3.58.